The molecule has 0 spiro atoms. The lowest BCUT2D eigenvalue weighted by Crippen LogP contribution is -2.39. The zero-order chi connectivity index (χ0) is 10.4. The summed E-state index contributed by atoms with van der Waals surface area (Å²) >= 11 is 0. The van der Waals surface area contributed by atoms with Gasteiger partial charge in [-0.2, -0.15) is 5.21 Å². The highest BCUT2D eigenvalue weighted by atomic mass is 16.2. The number of carbonyl (C=O) groups is 1. The number of nitrogens with zero attached hydrogens (tertiary/aromatic N) is 3. The van der Waals surface area contributed by atoms with Crippen molar-refractivity contribution >= 4 is 5.91 Å². The third-order valence-electron chi connectivity index (χ3n) is 1.57. The van der Waals surface area contributed by atoms with Crippen LogP contribution in [0.5, 0.6) is 0 Å². The fourth-order valence-electron chi connectivity index (χ4n) is 0.841. The summed E-state index contributed by atoms with van der Waals surface area (Å²) in [7, 11) is 0. The Hall–Kier alpha value is -1.76. The monoisotopic (exact) mass is 196 g/mol. The maximum Gasteiger partial charge on any atom is 0.237 e. The van der Waals surface area contributed by atoms with Crippen LogP contribution in [0.25, 0.3) is 0 Å². The number of hydrogen-bond acceptors (Lipinski definition) is 5. The number of nitrogens with one attached hydrogen (secondary N) is 2. The van der Waals surface area contributed by atoms with E-state index in [1.807, 2.05) is 0 Å². The largest absolute Gasteiger partial charge is 0.347 e. The van der Waals surface area contributed by atoms with Gasteiger partial charge in [-0.15, -0.1) is 16.8 Å². The Kier molecular flexibility index (Phi) is 3.74. The molecule has 0 radical (unpaired) electrons. The standard InChI is InChI=1S/C7H12N6O/c1-2-3-5(8)7(14)9-4-6-10-12-13-11-6/h2,5H,1,3-4,8H2,(H,9,14)(H,10,11,12,13). The second-order valence-corrected chi connectivity index (χ2v) is 2.68. The van der Waals surface area contributed by atoms with E-state index in [0.717, 1.165) is 0 Å². The number of rotatable bonds is 5. The Labute approximate surface area is 80.8 Å². The van der Waals surface area contributed by atoms with Crippen LogP contribution in [-0.2, 0) is 11.3 Å². The predicted molar refractivity (Wildman–Crippen MR) is 48.8 cm³/mol. The lowest BCUT2D eigenvalue weighted by molar-refractivity contribution is -0.122. The van der Waals surface area contributed by atoms with E-state index in [-0.39, 0.29) is 12.5 Å². The summed E-state index contributed by atoms with van der Waals surface area (Å²) in [4.78, 5) is 11.3. The third kappa shape index (κ3) is 2.94. The Bertz CT molecular complexity index is 295. The van der Waals surface area contributed by atoms with Crippen molar-refractivity contribution in [1.82, 2.24) is 25.9 Å². The van der Waals surface area contributed by atoms with Gasteiger partial charge >= 0.3 is 0 Å². The number of H-pyrrole nitrogens is 1. The first kappa shape index (κ1) is 10.3. The number of carbonyl (C=O) groups excluding carboxylic acids is 1. The van der Waals surface area contributed by atoms with Crippen molar-refractivity contribution < 1.29 is 4.79 Å². The summed E-state index contributed by atoms with van der Waals surface area (Å²) in [6.07, 6.45) is 2.04. The van der Waals surface area contributed by atoms with Crippen molar-refractivity contribution in [3.05, 3.63) is 18.5 Å². The molecule has 0 aliphatic heterocycles. The van der Waals surface area contributed by atoms with Gasteiger partial charge in [-0.25, -0.2) is 0 Å². The SMILES string of the molecule is C=CCC(N)C(=O)NCc1nn[nH]n1. The molecule has 0 fully saturated rings. The Morgan fingerprint density at radius 1 is 1.79 bits per heavy atom. The molecule has 0 aromatic carbocycles. The molecule has 1 rings (SSSR count). The minimum absolute atomic E-state index is 0.222. The van der Waals surface area contributed by atoms with Gasteiger partial charge in [0, 0.05) is 0 Å². The molecule has 14 heavy (non-hydrogen) atoms. The topological polar surface area (TPSA) is 110 Å². The summed E-state index contributed by atoms with van der Waals surface area (Å²) in [6.45, 7) is 3.72. The van der Waals surface area contributed by atoms with Crippen LogP contribution in [0.1, 0.15) is 12.2 Å². The fourth-order valence-corrected chi connectivity index (χ4v) is 0.841. The zero-order valence-electron chi connectivity index (χ0n) is 7.60. The average Bonchev–Trinajstić information content (AvgIpc) is 2.67. The number of aromatic amines is 1. The molecule has 1 amide bonds. The van der Waals surface area contributed by atoms with Crippen LogP contribution in [0.15, 0.2) is 12.7 Å². The van der Waals surface area contributed by atoms with Crippen LogP contribution < -0.4 is 11.1 Å². The predicted octanol–water partition coefficient (Wildman–Crippen LogP) is -1.28. The van der Waals surface area contributed by atoms with Gasteiger partial charge in [0.2, 0.25) is 5.91 Å². The van der Waals surface area contributed by atoms with Gasteiger partial charge in [0.05, 0.1) is 12.6 Å². The van der Waals surface area contributed by atoms with E-state index in [2.05, 4.69) is 32.5 Å². The van der Waals surface area contributed by atoms with Crippen molar-refractivity contribution in [1.29, 1.82) is 0 Å². The second-order valence-electron chi connectivity index (χ2n) is 2.68. The van der Waals surface area contributed by atoms with Crippen LogP contribution in [0.2, 0.25) is 0 Å². The van der Waals surface area contributed by atoms with E-state index in [4.69, 9.17) is 5.73 Å². The highest BCUT2D eigenvalue weighted by molar-refractivity contribution is 5.81. The molecule has 4 N–H and O–H groups in total. The maximum absolute atomic E-state index is 11.3. The van der Waals surface area contributed by atoms with E-state index in [1.165, 1.54) is 0 Å². The van der Waals surface area contributed by atoms with Gasteiger partial charge in [-0.05, 0) is 6.42 Å². The van der Waals surface area contributed by atoms with Crippen molar-refractivity contribution in [3.63, 3.8) is 0 Å². The van der Waals surface area contributed by atoms with E-state index in [0.29, 0.717) is 12.2 Å². The van der Waals surface area contributed by atoms with E-state index in [9.17, 15) is 4.79 Å². The summed E-state index contributed by atoms with van der Waals surface area (Å²) in [6, 6.07) is -0.570. The lowest BCUT2D eigenvalue weighted by atomic mass is 10.2. The lowest BCUT2D eigenvalue weighted by Gasteiger charge is -2.07. The van der Waals surface area contributed by atoms with Crippen LogP contribution in [0.3, 0.4) is 0 Å². The minimum atomic E-state index is -0.570. The molecule has 0 saturated heterocycles. The van der Waals surface area contributed by atoms with E-state index >= 15 is 0 Å². The Morgan fingerprint density at radius 3 is 3.14 bits per heavy atom. The van der Waals surface area contributed by atoms with Crippen molar-refractivity contribution in [2.75, 3.05) is 0 Å². The van der Waals surface area contributed by atoms with Crippen LogP contribution >= 0.6 is 0 Å². The molecule has 7 heteroatoms. The first-order valence-corrected chi connectivity index (χ1v) is 4.10. The Morgan fingerprint density at radius 2 is 2.57 bits per heavy atom. The number of amides is 1. The highest BCUT2D eigenvalue weighted by Gasteiger charge is 2.11. The van der Waals surface area contributed by atoms with Crippen molar-refractivity contribution in [2.45, 2.75) is 19.0 Å². The van der Waals surface area contributed by atoms with E-state index in [1.54, 1.807) is 6.08 Å². The molecule has 1 unspecified atom stereocenters. The highest BCUT2D eigenvalue weighted by Crippen LogP contribution is 1.89. The smallest absolute Gasteiger partial charge is 0.237 e. The van der Waals surface area contributed by atoms with Gasteiger partial charge in [0.25, 0.3) is 0 Å². The molecule has 1 aromatic heterocycles. The number of nitrogens with two attached hydrogens (primary N) is 1. The zero-order valence-corrected chi connectivity index (χ0v) is 7.60. The molecule has 1 heterocycles. The molecule has 1 aromatic rings. The van der Waals surface area contributed by atoms with Gasteiger partial charge in [0.15, 0.2) is 5.82 Å². The minimum Gasteiger partial charge on any atom is -0.347 e. The van der Waals surface area contributed by atoms with Gasteiger partial charge in [-0.3, -0.25) is 4.79 Å². The quantitative estimate of drug-likeness (QED) is 0.508. The fraction of sp³-hybridized carbons (Fsp3) is 0.429. The molecular formula is C7H12N6O. The molecule has 76 valence electrons. The molecule has 1 atom stereocenters. The maximum atomic E-state index is 11.3. The summed E-state index contributed by atoms with van der Waals surface area (Å²) in [5, 5.41) is 15.5. The van der Waals surface area contributed by atoms with Crippen molar-refractivity contribution in [3.8, 4) is 0 Å². The Balaban J connectivity index is 2.31. The average molecular weight is 196 g/mol. The van der Waals surface area contributed by atoms with Crippen LogP contribution in [0.4, 0.5) is 0 Å². The van der Waals surface area contributed by atoms with Crippen molar-refractivity contribution in [2.24, 2.45) is 5.73 Å². The third-order valence-corrected chi connectivity index (χ3v) is 1.57. The van der Waals surface area contributed by atoms with E-state index < -0.39 is 6.04 Å². The molecular weight excluding hydrogens is 184 g/mol. The molecule has 0 bridgehead atoms. The first-order chi connectivity index (χ1) is 6.74. The second kappa shape index (κ2) is 5.07. The van der Waals surface area contributed by atoms with Gasteiger partial charge < -0.3 is 11.1 Å². The normalized spacial score (nSPS) is 12.1. The molecule has 0 aliphatic rings. The summed E-state index contributed by atoms with van der Waals surface area (Å²) in [5.74, 6) is 0.166. The number of aromatic nitrogens is 4. The summed E-state index contributed by atoms with van der Waals surface area (Å²) in [5.41, 5.74) is 5.52. The van der Waals surface area contributed by atoms with Crippen LogP contribution in [0, 0.1) is 0 Å². The van der Waals surface area contributed by atoms with Crippen LogP contribution in [-0.4, -0.2) is 32.6 Å². The molecule has 7 nitrogen and oxygen atoms in total. The number of hydrogen-bond donors (Lipinski definition) is 3. The van der Waals surface area contributed by atoms with Gasteiger partial charge in [-0.1, -0.05) is 11.3 Å². The van der Waals surface area contributed by atoms with Gasteiger partial charge in [0.1, 0.15) is 0 Å². The molecule has 0 saturated carbocycles. The molecule has 0 aliphatic carbocycles. The number of tetrazole rings is 1. The first-order valence-electron chi connectivity index (χ1n) is 4.10. The summed E-state index contributed by atoms with van der Waals surface area (Å²) < 4.78 is 0.